The molecule has 130 valence electrons. The Labute approximate surface area is 147 Å². The summed E-state index contributed by atoms with van der Waals surface area (Å²) in [6.45, 7) is 2.03. The van der Waals surface area contributed by atoms with E-state index in [4.69, 9.17) is 0 Å². The fraction of sp³-hybridized carbons (Fsp3) is 0.316. The maximum absolute atomic E-state index is 12.5. The molecule has 1 aliphatic heterocycles. The highest BCUT2D eigenvalue weighted by Crippen LogP contribution is 2.16. The van der Waals surface area contributed by atoms with Crippen molar-refractivity contribution in [1.29, 1.82) is 0 Å². The number of amides is 3. The van der Waals surface area contributed by atoms with Crippen molar-refractivity contribution in [3.8, 4) is 0 Å². The zero-order valence-electron chi connectivity index (χ0n) is 14.1. The third-order valence-electron chi connectivity index (χ3n) is 4.21. The molecule has 0 atom stereocenters. The second-order valence-electron chi connectivity index (χ2n) is 6.10. The van der Waals surface area contributed by atoms with Crippen molar-refractivity contribution in [3.05, 3.63) is 59.9 Å². The molecule has 2 N–H and O–H groups in total. The van der Waals surface area contributed by atoms with Crippen LogP contribution >= 0.6 is 0 Å². The Hall–Kier alpha value is -2.89. The second-order valence-corrected chi connectivity index (χ2v) is 6.10. The molecule has 0 bridgehead atoms. The molecule has 2 heterocycles. The van der Waals surface area contributed by atoms with Crippen molar-refractivity contribution in [2.45, 2.75) is 25.8 Å². The van der Waals surface area contributed by atoms with Gasteiger partial charge in [-0.1, -0.05) is 6.07 Å². The fourth-order valence-corrected chi connectivity index (χ4v) is 2.87. The highest BCUT2D eigenvalue weighted by molar-refractivity contribution is 5.97. The number of rotatable bonds is 4. The van der Waals surface area contributed by atoms with Gasteiger partial charge in [-0.15, -0.1) is 0 Å². The SMILES string of the molecule is O=C(NCc1ccncc1)Nc1cccc(C(=O)N2CCCCC2)c1. The van der Waals surface area contributed by atoms with Crippen LogP contribution in [0.25, 0.3) is 0 Å². The van der Waals surface area contributed by atoms with Crippen LogP contribution in [0.2, 0.25) is 0 Å². The average molecular weight is 338 g/mol. The number of anilines is 1. The lowest BCUT2D eigenvalue weighted by atomic mass is 10.1. The molecule has 1 aromatic carbocycles. The Morgan fingerprint density at radius 2 is 1.80 bits per heavy atom. The Balaban J connectivity index is 1.57. The van der Waals surface area contributed by atoms with Crippen LogP contribution in [0.5, 0.6) is 0 Å². The van der Waals surface area contributed by atoms with Crippen LogP contribution in [0.4, 0.5) is 10.5 Å². The molecule has 2 aromatic rings. The number of nitrogens with one attached hydrogen (secondary N) is 2. The highest BCUT2D eigenvalue weighted by Gasteiger charge is 2.18. The Morgan fingerprint density at radius 3 is 2.56 bits per heavy atom. The molecule has 0 saturated carbocycles. The first-order valence-corrected chi connectivity index (χ1v) is 8.55. The summed E-state index contributed by atoms with van der Waals surface area (Å²) in [4.78, 5) is 30.4. The highest BCUT2D eigenvalue weighted by atomic mass is 16.2. The standard InChI is InChI=1S/C19H22N4O2/c24-18(23-11-2-1-3-12-23)16-5-4-6-17(13-16)22-19(25)21-14-15-7-9-20-10-8-15/h4-10,13H,1-3,11-12,14H2,(H2,21,22,25). The molecule has 0 unspecified atom stereocenters. The Bertz CT molecular complexity index is 727. The van der Waals surface area contributed by atoms with Gasteiger partial charge in [0.2, 0.25) is 0 Å². The lowest BCUT2D eigenvalue weighted by molar-refractivity contribution is 0.0724. The summed E-state index contributed by atoms with van der Waals surface area (Å²) in [6, 6.07) is 10.5. The van der Waals surface area contributed by atoms with Gasteiger partial charge >= 0.3 is 6.03 Å². The van der Waals surface area contributed by atoms with E-state index in [1.165, 1.54) is 6.42 Å². The molecule has 1 aromatic heterocycles. The predicted octanol–water partition coefficient (Wildman–Crippen LogP) is 3.03. The average Bonchev–Trinajstić information content (AvgIpc) is 2.67. The van der Waals surface area contributed by atoms with Gasteiger partial charge < -0.3 is 15.5 Å². The first-order chi connectivity index (χ1) is 12.2. The van der Waals surface area contributed by atoms with Gasteiger partial charge in [0.25, 0.3) is 5.91 Å². The van der Waals surface area contributed by atoms with Gasteiger partial charge in [0, 0.05) is 43.3 Å². The van der Waals surface area contributed by atoms with Crippen LogP contribution in [0.3, 0.4) is 0 Å². The van der Waals surface area contributed by atoms with Crippen LogP contribution in [-0.4, -0.2) is 34.9 Å². The molecular weight excluding hydrogens is 316 g/mol. The van der Waals surface area contributed by atoms with Crippen LogP contribution in [0.15, 0.2) is 48.8 Å². The van der Waals surface area contributed by atoms with E-state index in [2.05, 4.69) is 15.6 Å². The molecule has 6 nitrogen and oxygen atoms in total. The molecule has 3 rings (SSSR count). The zero-order valence-corrected chi connectivity index (χ0v) is 14.1. The van der Waals surface area contributed by atoms with Gasteiger partial charge in [0.05, 0.1) is 0 Å². The third-order valence-corrected chi connectivity index (χ3v) is 4.21. The summed E-state index contributed by atoms with van der Waals surface area (Å²) in [5.41, 5.74) is 2.18. The van der Waals surface area contributed by atoms with Crippen LogP contribution < -0.4 is 10.6 Å². The summed E-state index contributed by atoms with van der Waals surface area (Å²) < 4.78 is 0. The van der Waals surface area contributed by atoms with E-state index in [-0.39, 0.29) is 11.9 Å². The molecule has 1 saturated heterocycles. The maximum Gasteiger partial charge on any atom is 0.319 e. The largest absolute Gasteiger partial charge is 0.339 e. The predicted molar refractivity (Wildman–Crippen MR) is 96.3 cm³/mol. The van der Waals surface area contributed by atoms with Crippen molar-refractivity contribution >= 4 is 17.6 Å². The van der Waals surface area contributed by atoms with E-state index >= 15 is 0 Å². The first-order valence-electron chi connectivity index (χ1n) is 8.55. The van der Waals surface area contributed by atoms with Crippen molar-refractivity contribution < 1.29 is 9.59 Å². The summed E-state index contributed by atoms with van der Waals surface area (Å²) in [5, 5.41) is 5.56. The number of urea groups is 1. The molecule has 0 spiro atoms. The number of carbonyl (C=O) groups excluding carboxylic acids is 2. The minimum absolute atomic E-state index is 0.0283. The monoisotopic (exact) mass is 338 g/mol. The van der Waals surface area contributed by atoms with Crippen LogP contribution in [0, 0.1) is 0 Å². The Kier molecular flexibility index (Phi) is 5.61. The summed E-state index contributed by atoms with van der Waals surface area (Å²) in [5.74, 6) is 0.0283. The van der Waals surface area contributed by atoms with Crippen molar-refractivity contribution in [1.82, 2.24) is 15.2 Å². The number of pyridine rings is 1. The normalized spacial score (nSPS) is 14.0. The molecule has 6 heteroatoms. The number of hydrogen-bond acceptors (Lipinski definition) is 3. The molecular formula is C19H22N4O2. The molecule has 1 aliphatic rings. The molecule has 0 aliphatic carbocycles. The molecule has 25 heavy (non-hydrogen) atoms. The van der Waals surface area contributed by atoms with E-state index in [9.17, 15) is 9.59 Å². The van der Waals surface area contributed by atoms with Gasteiger partial charge in [0.1, 0.15) is 0 Å². The van der Waals surface area contributed by atoms with E-state index in [0.29, 0.717) is 17.8 Å². The number of benzene rings is 1. The third kappa shape index (κ3) is 4.79. The summed E-state index contributed by atoms with van der Waals surface area (Å²) in [7, 11) is 0. The second kappa shape index (κ2) is 8.28. The van der Waals surface area contributed by atoms with Crippen LogP contribution in [-0.2, 0) is 6.54 Å². The number of piperidine rings is 1. The smallest absolute Gasteiger partial charge is 0.319 e. The van der Waals surface area contributed by atoms with Crippen LogP contribution in [0.1, 0.15) is 35.2 Å². The minimum Gasteiger partial charge on any atom is -0.339 e. The summed E-state index contributed by atoms with van der Waals surface area (Å²) >= 11 is 0. The van der Waals surface area contributed by atoms with Gasteiger partial charge in [0.15, 0.2) is 0 Å². The molecule has 0 radical (unpaired) electrons. The van der Waals surface area contributed by atoms with Crippen molar-refractivity contribution in [2.24, 2.45) is 0 Å². The quantitative estimate of drug-likeness (QED) is 0.900. The van der Waals surface area contributed by atoms with E-state index in [0.717, 1.165) is 31.5 Å². The number of nitrogens with zero attached hydrogens (tertiary/aromatic N) is 2. The van der Waals surface area contributed by atoms with Gasteiger partial charge in [-0.05, 0) is 55.2 Å². The Morgan fingerprint density at radius 1 is 1.04 bits per heavy atom. The lowest BCUT2D eigenvalue weighted by Crippen LogP contribution is -2.35. The van der Waals surface area contributed by atoms with Gasteiger partial charge in [-0.25, -0.2) is 4.79 Å². The minimum atomic E-state index is -0.306. The van der Waals surface area contributed by atoms with E-state index < -0.39 is 0 Å². The van der Waals surface area contributed by atoms with Crippen molar-refractivity contribution in [3.63, 3.8) is 0 Å². The molecule has 1 fully saturated rings. The van der Waals surface area contributed by atoms with E-state index in [1.807, 2.05) is 17.0 Å². The first kappa shape index (κ1) is 17.0. The van der Waals surface area contributed by atoms with Crippen molar-refractivity contribution in [2.75, 3.05) is 18.4 Å². The number of aromatic nitrogens is 1. The number of likely N-dealkylation sites (tertiary alicyclic amines) is 1. The topological polar surface area (TPSA) is 74.3 Å². The number of hydrogen-bond donors (Lipinski definition) is 2. The number of carbonyl (C=O) groups is 2. The maximum atomic E-state index is 12.5. The zero-order chi connectivity index (χ0) is 17.5. The molecule has 3 amide bonds. The van der Waals surface area contributed by atoms with E-state index in [1.54, 1.807) is 36.7 Å². The lowest BCUT2D eigenvalue weighted by Gasteiger charge is -2.26. The van der Waals surface area contributed by atoms with Gasteiger partial charge in [-0.2, -0.15) is 0 Å². The van der Waals surface area contributed by atoms with Gasteiger partial charge in [-0.3, -0.25) is 9.78 Å². The summed E-state index contributed by atoms with van der Waals surface area (Å²) in [6.07, 6.45) is 6.67. The fourth-order valence-electron chi connectivity index (χ4n) is 2.87.